The van der Waals surface area contributed by atoms with Crippen molar-refractivity contribution in [2.75, 3.05) is 34.0 Å². The maximum absolute atomic E-state index is 12.0. The van der Waals surface area contributed by atoms with Gasteiger partial charge in [-0.15, -0.1) is 0 Å². The molecule has 116 valence electrons. The summed E-state index contributed by atoms with van der Waals surface area (Å²) in [4.78, 5) is 22.5. The van der Waals surface area contributed by atoms with Gasteiger partial charge in [-0.1, -0.05) is 0 Å². The van der Waals surface area contributed by atoms with Crippen LogP contribution in [0.15, 0.2) is 12.1 Å². The van der Waals surface area contributed by atoms with E-state index >= 15 is 0 Å². The van der Waals surface area contributed by atoms with Gasteiger partial charge in [0.2, 0.25) is 0 Å². The first kappa shape index (κ1) is 16.7. The van der Waals surface area contributed by atoms with Gasteiger partial charge in [-0.3, -0.25) is 14.9 Å². The standard InChI is InChI=1S/C13H18N2O6/c1-4-21-12-8-10(15(17)18)9(7-11(12)20-3)13(16)14-5-6-19-2/h7-8H,4-6H2,1-3H3,(H,14,16). The first-order chi connectivity index (χ1) is 10.0. The Morgan fingerprint density at radius 2 is 2.05 bits per heavy atom. The van der Waals surface area contributed by atoms with Gasteiger partial charge in [-0.2, -0.15) is 0 Å². The van der Waals surface area contributed by atoms with Gasteiger partial charge in [0.15, 0.2) is 11.5 Å². The van der Waals surface area contributed by atoms with Gasteiger partial charge in [0.05, 0.1) is 31.3 Å². The van der Waals surface area contributed by atoms with Crippen molar-refractivity contribution in [3.8, 4) is 11.5 Å². The van der Waals surface area contributed by atoms with E-state index in [0.29, 0.717) is 13.2 Å². The number of rotatable bonds is 8. The number of methoxy groups -OCH3 is 2. The molecule has 1 rings (SSSR count). The normalized spacial score (nSPS) is 10.0. The van der Waals surface area contributed by atoms with Crippen LogP contribution in [-0.2, 0) is 4.74 Å². The van der Waals surface area contributed by atoms with Crippen molar-refractivity contribution in [3.05, 3.63) is 27.8 Å². The van der Waals surface area contributed by atoms with Crippen LogP contribution in [0.2, 0.25) is 0 Å². The van der Waals surface area contributed by atoms with E-state index in [4.69, 9.17) is 14.2 Å². The van der Waals surface area contributed by atoms with Crippen LogP contribution in [0.25, 0.3) is 0 Å². The van der Waals surface area contributed by atoms with Crippen LogP contribution >= 0.6 is 0 Å². The third-order valence-electron chi connectivity index (χ3n) is 2.61. The maximum atomic E-state index is 12.0. The average molecular weight is 298 g/mol. The number of carbonyl (C=O) groups excluding carboxylic acids is 1. The average Bonchev–Trinajstić information content (AvgIpc) is 2.47. The lowest BCUT2D eigenvalue weighted by molar-refractivity contribution is -0.385. The second-order valence-electron chi connectivity index (χ2n) is 3.96. The zero-order valence-electron chi connectivity index (χ0n) is 12.2. The third kappa shape index (κ3) is 4.32. The predicted octanol–water partition coefficient (Wildman–Crippen LogP) is 1.38. The molecule has 8 nitrogen and oxygen atoms in total. The summed E-state index contributed by atoms with van der Waals surface area (Å²) < 4.78 is 15.2. The van der Waals surface area contributed by atoms with Crippen LogP contribution in [0.5, 0.6) is 11.5 Å². The van der Waals surface area contributed by atoms with Gasteiger partial charge in [-0.25, -0.2) is 0 Å². The van der Waals surface area contributed by atoms with Crippen LogP contribution in [0, 0.1) is 10.1 Å². The molecular formula is C13H18N2O6. The SMILES string of the molecule is CCOc1cc([N+](=O)[O-])c(C(=O)NCCOC)cc1OC. The van der Waals surface area contributed by atoms with Gasteiger partial charge in [0, 0.05) is 19.7 Å². The summed E-state index contributed by atoms with van der Waals surface area (Å²) in [6.07, 6.45) is 0. The molecule has 1 N–H and O–H groups in total. The van der Waals surface area contributed by atoms with Crippen molar-refractivity contribution >= 4 is 11.6 Å². The summed E-state index contributed by atoms with van der Waals surface area (Å²) in [5.74, 6) is -0.0837. The molecule has 1 aromatic carbocycles. The predicted molar refractivity (Wildman–Crippen MR) is 75.0 cm³/mol. The lowest BCUT2D eigenvalue weighted by atomic mass is 10.1. The fraction of sp³-hybridized carbons (Fsp3) is 0.462. The monoisotopic (exact) mass is 298 g/mol. The number of nitrogens with one attached hydrogen (secondary N) is 1. The lowest BCUT2D eigenvalue weighted by Crippen LogP contribution is -2.27. The Hall–Kier alpha value is -2.35. The van der Waals surface area contributed by atoms with Gasteiger partial charge in [0.25, 0.3) is 11.6 Å². The minimum Gasteiger partial charge on any atom is -0.493 e. The zero-order chi connectivity index (χ0) is 15.8. The van der Waals surface area contributed by atoms with E-state index in [0.717, 1.165) is 0 Å². The Morgan fingerprint density at radius 3 is 2.57 bits per heavy atom. The highest BCUT2D eigenvalue weighted by Gasteiger charge is 2.24. The second-order valence-corrected chi connectivity index (χ2v) is 3.96. The van der Waals surface area contributed by atoms with Crippen molar-refractivity contribution in [3.63, 3.8) is 0 Å². The number of nitro groups is 1. The summed E-state index contributed by atoms with van der Waals surface area (Å²) in [5, 5.41) is 13.6. The molecule has 0 saturated heterocycles. The Kier molecular flexibility index (Phi) is 6.41. The Morgan fingerprint density at radius 1 is 1.33 bits per heavy atom. The number of benzene rings is 1. The molecule has 0 radical (unpaired) electrons. The van der Waals surface area contributed by atoms with E-state index in [1.807, 2.05) is 0 Å². The van der Waals surface area contributed by atoms with Crippen LogP contribution < -0.4 is 14.8 Å². The molecule has 0 heterocycles. The van der Waals surface area contributed by atoms with Gasteiger partial charge < -0.3 is 19.5 Å². The van der Waals surface area contributed by atoms with Gasteiger partial charge >= 0.3 is 0 Å². The smallest absolute Gasteiger partial charge is 0.286 e. The van der Waals surface area contributed by atoms with Crippen molar-refractivity contribution in [1.29, 1.82) is 0 Å². The number of nitro benzene ring substituents is 1. The summed E-state index contributed by atoms with van der Waals surface area (Å²) in [6, 6.07) is 2.48. The number of amides is 1. The molecule has 1 aromatic rings. The highest BCUT2D eigenvalue weighted by atomic mass is 16.6. The lowest BCUT2D eigenvalue weighted by Gasteiger charge is -2.11. The van der Waals surface area contributed by atoms with Crippen molar-refractivity contribution in [2.45, 2.75) is 6.92 Å². The largest absolute Gasteiger partial charge is 0.493 e. The highest BCUT2D eigenvalue weighted by molar-refractivity contribution is 5.99. The minimum atomic E-state index is -0.632. The van der Waals surface area contributed by atoms with Crippen LogP contribution in [0.4, 0.5) is 5.69 Å². The quantitative estimate of drug-likeness (QED) is 0.442. The Balaban J connectivity index is 3.16. The molecule has 21 heavy (non-hydrogen) atoms. The molecule has 0 fully saturated rings. The van der Waals surface area contributed by atoms with Crippen LogP contribution in [0.1, 0.15) is 17.3 Å². The second kappa shape index (κ2) is 8.05. The number of hydrogen-bond acceptors (Lipinski definition) is 6. The number of hydrogen-bond donors (Lipinski definition) is 1. The molecule has 0 atom stereocenters. The maximum Gasteiger partial charge on any atom is 0.286 e. The number of ether oxygens (including phenoxy) is 3. The molecular weight excluding hydrogens is 280 g/mol. The van der Waals surface area contributed by atoms with Crippen LogP contribution in [-0.4, -0.2) is 44.8 Å². The fourth-order valence-corrected chi connectivity index (χ4v) is 1.67. The first-order valence-electron chi connectivity index (χ1n) is 6.31. The summed E-state index contributed by atoms with van der Waals surface area (Å²) >= 11 is 0. The number of carbonyl (C=O) groups is 1. The molecule has 8 heteroatoms. The Bertz CT molecular complexity index is 518. The molecule has 0 aliphatic carbocycles. The van der Waals surface area contributed by atoms with Crippen molar-refractivity contribution in [1.82, 2.24) is 5.32 Å². The van der Waals surface area contributed by atoms with Crippen molar-refractivity contribution < 1.29 is 23.9 Å². The molecule has 0 saturated carbocycles. The summed E-state index contributed by atoms with van der Waals surface area (Å²) in [7, 11) is 2.89. The third-order valence-corrected chi connectivity index (χ3v) is 2.61. The molecule has 0 bridgehead atoms. The Labute approximate surface area is 122 Å². The summed E-state index contributed by atoms with van der Waals surface area (Å²) in [5.41, 5.74) is -0.425. The molecule has 1 amide bonds. The van der Waals surface area contributed by atoms with Crippen molar-refractivity contribution in [2.24, 2.45) is 0 Å². The molecule has 0 aliphatic heterocycles. The first-order valence-corrected chi connectivity index (χ1v) is 6.31. The van der Waals surface area contributed by atoms with E-state index in [1.165, 1.54) is 26.4 Å². The fourth-order valence-electron chi connectivity index (χ4n) is 1.67. The summed E-state index contributed by atoms with van der Waals surface area (Å²) in [6.45, 7) is 2.64. The van der Waals surface area contributed by atoms with E-state index in [2.05, 4.69) is 5.32 Å². The molecule has 0 spiro atoms. The van der Waals surface area contributed by atoms with Crippen LogP contribution in [0.3, 0.4) is 0 Å². The molecule has 0 aliphatic rings. The number of nitrogens with zero attached hydrogens (tertiary/aromatic N) is 1. The molecule has 0 unspecified atom stereocenters. The minimum absolute atomic E-state index is 0.0867. The molecule has 0 aromatic heterocycles. The highest BCUT2D eigenvalue weighted by Crippen LogP contribution is 2.34. The van der Waals surface area contributed by atoms with E-state index in [1.54, 1.807) is 6.92 Å². The van der Waals surface area contributed by atoms with E-state index < -0.39 is 10.8 Å². The topological polar surface area (TPSA) is 99.9 Å². The van der Waals surface area contributed by atoms with E-state index in [9.17, 15) is 14.9 Å². The zero-order valence-corrected chi connectivity index (χ0v) is 12.2. The van der Waals surface area contributed by atoms with Gasteiger partial charge in [0.1, 0.15) is 5.56 Å². The van der Waals surface area contributed by atoms with Gasteiger partial charge in [-0.05, 0) is 6.92 Å². The van der Waals surface area contributed by atoms with E-state index in [-0.39, 0.29) is 29.3 Å².